The summed E-state index contributed by atoms with van der Waals surface area (Å²) >= 11 is 0. The number of phenolic OH excluding ortho intramolecular Hbond substituents is 1. The number of nitrogens with two attached hydrogens (primary N) is 1. The highest BCUT2D eigenvalue weighted by Gasteiger charge is 2.40. The van der Waals surface area contributed by atoms with Crippen LogP contribution >= 0.6 is 0 Å². The van der Waals surface area contributed by atoms with Gasteiger partial charge in [-0.3, -0.25) is 4.79 Å². The molecule has 0 amide bonds. The van der Waals surface area contributed by atoms with E-state index in [0.717, 1.165) is 6.92 Å². The first-order valence-corrected chi connectivity index (χ1v) is 4.80. The van der Waals surface area contributed by atoms with Crippen LogP contribution in [0.1, 0.15) is 12.5 Å². The van der Waals surface area contributed by atoms with E-state index in [0.29, 0.717) is 5.56 Å². The molecule has 88 valence electrons. The highest BCUT2D eigenvalue weighted by atomic mass is 19.1. The first kappa shape index (κ1) is 12.4. The highest BCUT2D eigenvalue weighted by Crippen LogP contribution is 2.19. The van der Waals surface area contributed by atoms with Crippen molar-refractivity contribution in [2.24, 2.45) is 5.73 Å². The Kier molecular flexibility index (Phi) is 3.49. The molecule has 0 radical (unpaired) electrons. The van der Waals surface area contributed by atoms with Crippen LogP contribution in [0.25, 0.3) is 0 Å². The van der Waals surface area contributed by atoms with Crippen LogP contribution in [0.15, 0.2) is 24.3 Å². The Hall–Kier alpha value is -1.62. The minimum atomic E-state index is -1.93. The van der Waals surface area contributed by atoms with Gasteiger partial charge in [-0.05, 0) is 24.6 Å². The van der Waals surface area contributed by atoms with Gasteiger partial charge in [0.05, 0.1) is 0 Å². The summed E-state index contributed by atoms with van der Waals surface area (Å²) in [5.74, 6) is -1.31. The Morgan fingerprint density at radius 2 is 2.00 bits per heavy atom. The smallest absolute Gasteiger partial charge is 0.327 e. The van der Waals surface area contributed by atoms with Gasteiger partial charge in [-0.2, -0.15) is 0 Å². The number of phenols is 1. The highest BCUT2D eigenvalue weighted by molar-refractivity contribution is 5.79. The fraction of sp³-hybridized carbons (Fsp3) is 0.364. The molecule has 0 bridgehead atoms. The van der Waals surface area contributed by atoms with Crippen molar-refractivity contribution < 1.29 is 19.4 Å². The summed E-state index contributed by atoms with van der Waals surface area (Å²) in [4.78, 5) is 10.9. The summed E-state index contributed by atoms with van der Waals surface area (Å²) in [7, 11) is 0. The number of rotatable bonds is 4. The normalized spacial score (nSPS) is 16.4. The van der Waals surface area contributed by atoms with E-state index in [1.807, 2.05) is 0 Å². The average Bonchev–Trinajstić information content (AvgIpc) is 2.20. The lowest BCUT2D eigenvalue weighted by atomic mass is 9.88. The number of aliphatic carboxylic acids is 1. The molecule has 0 saturated heterocycles. The Labute approximate surface area is 92.5 Å². The zero-order chi connectivity index (χ0) is 12.3. The van der Waals surface area contributed by atoms with Crippen molar-refractivity contribution in [3.63, 3.8) is 0 Å². The third kappa shape index (κ3) is 2.49. The largest absolute Gasteiger partial charge is 0.508 e. The number of hydrogen-bond acceptors (Lipinski definition) is 3. The van der Waals surface area contributed by atoms with Gasteiger partial charge in [0.25, 0.3) is 0 Å². The Bertz CT molecular complexity index is 377. The number of hydrogen-bond donors (Lipinski definition) is 3. The van der Waals surface area contributed by atoms with Crippen molar-refractivity contribution in [3.8, 4) is 5.75 Å². The molecule has 5 heteroatoms. The van der Waals surface area contributed by atoms with E-state index in [1.165, 1.54) is 24.3 Å². The summed E-state index contributed by atoms with van der Waals surface area (Å²) in [6, 6.07) is 5.84. The lowest BCUT2D eigenvalue weighted by molar-refractivity contribution is -0.145. The van der Waals surface area contributed by atoms with Crippen molar-refractivity contribution in [1.82, 2.24) is 0 Å². The second kappa shape index (κ2) is 4.49. The van der Waals surface area contributed by atoms with Gasteiger partial charge in [-0.25, -0.2) is 4.39 Å². The molecular weight excluding hydrogens is 213 g/mol. The molecule has 1 aromatic rings. The van der Waals surface area contributed by atoms with E-state index >= 15 is 0 Å². The maximum absolute atomic E-state index is 13.2. The van der Waals surface area contributed by atoms with E-state index in [2.05, 4.69) is 0 Å². The fourth-order valence-electron chi connectivity index (χ4n) is 1.34. The number of halogens is 1. The van der Waals surface area contributed by atoms with Gasteiger partial charge in [0.15, 0.2) is 0 Å². The van der Waals surface area contributed by atoms with Crippen molar-refractivity contribution in [3.05, 3.63) is 29.8 Å². The molecule has 0 aliphatic rings. The molecule has 0 heterocycles. The average molecular weight is 227 g/mol. The first-order valence-electron chi connectivity index (χ1n) is 4.80. The monoisotopic (exact) mass is 227 g/mol. The minimum Gasteiger partial charge on any atom is -0.508 e. The Morgan fingerprint density at radius 1 is 1.50 bits per heavy atom. The summed E-state index contributed by atoms with van der Waals surface area (Å²) in [6.45, 7) is 1.12. The summed E-state index contributed by atoms with van der Waals surface area (Å²) in [6.07, 6.45) is -1.79. The van der Waals surface area contributed by atoms with E-state index < -0.39 is 17.7 Å². The predicted molar refractivity (Wildman–Crippen MR) is 56.9 cm³/mol. The second-order valence-electron chi connectivity index (χ2n) is 3.80. The van der Waals surface area contributed by atoms with Crippen LogP contribution in [0.5, 0.6) is 5.75 Å². The van der Waals surface area contributed by atoms with Gasteiger partial charge in [-0.15, -0.1) is 0 Å². The molecule has 16 heavy (non-hydrogen) atoms. The van der Waals surface area contributed by atoms with Gasteiger partial charge >= 0.3 is 5.97 Å². The molecule has 0 aromatic heterocycles. The molecular formula is C11H14FNO3. The van der Waals surface area contributed by atoms with Crippen LogP contribution in [0.2, 0.25) is 0 Å². The third-order valence-electron chi connectivity index (χ3n) is 2.54. The summed E-state index contributed by atoms with van der Waals surface area (Å²) in [5.41, 5.74) is 4.15. The number of carbonyl (C=O) groups is 1. The third-order valence-corrected chi connectivity index (χ3v) is 2.54. The number of alkyl halides is 1. The molecule has 0 fully saturated rings. The lowest BCUT2D eigenvalue weighted by Crippen LogP contribution is -2.56. The van der Waals surface area contributed by atoms with Crippen LogP contribution in [-0.2, 0) is 11.2 Å². The fourth-order valence-corrected chi connectivity index (χ4v) is 1.34. The minimum absolute atomic E-state index is 0.0648. The van der Waals surface area contributed by atoms with E-state index in [-0.39, 0.29) is 12.2 Å². The van der Waals surface area contributed by atoms with Crippen molar-refractivity contribution in [1.29, 1.82) is 0 Å². The van der Waals surface area contributed by atoms with Gasteiger partial charge < -0.3 is 15.9 Å². The lowest BCUT2D eigenvalue weighted by Gasteiger charge is -2.26. The number of carboxylic acids is 1. The van der Waals surface area contributed by atoms with Gasteiger partial charge in [-0.1, -0.05) is 12.1 Å². The molecule has 0 spiro atoms. The number of carboxylic acid groups (broad SMARTS) is 1. The molecule has 0 aliphatic carbocycles. The van der Waals surface area contributed by atoms with Crippen molar-refractivity contribution in [2.45, 2.75) is 25.1 Å². The van der Waals surface area contributed by atoms with Gasteiger partial charge in [0, 0.05) is 6.42 Å². The van der Waals surface area contributed by atoms with Crippen LogP contribution in [0.3, 0.4) is 0 Å². The molecule has 4 nitrogen and oxygen atoms in total. The van der Waals surface area contributed by atoms with Crippen LogP contribution in [-0.4, -0.2) is 27.9 Å². The molecule has 2 unspecified atom stereocenters. The zero-order valence-corrected chi connectivity index (χ0v) is 8.85. The van der Waals surface area contributed by atoms with Crippen molar-refractivity contribution >= 4 is 5.97 Å². The Morgan fingerprint density at radius 3 is 2.38 bits per heavy atom. The van der Waals surface area contributed by atoms with E-state index in [1.54, 1.807) is 0 Å². The van der Waals surface area contributed by atoms with Crippen LogP contribution in [0.4, 0.5) is 4.39 Å². The maximum Gasteiger partial charge on any atom is 0.327 e. The molecule has 1 rings (SSSR count). The van der Waals surface area contributed by atoms with Crippen molar-refractivity contribution in [2.75, 3.05) is 0 Å². The SMILES string of the molecule is CC(F)C(N)(Cc1ccc(O)cc1)C(=O)O. The first-order chi connectivity index (χ1) is 7.36. The molecule has 2 atom stereocenters. The summed E-state index contributed by atoms with van der Waals surface area (Å²) in [5, 5.41) is 18.0. The Balaban J connectivity index is 2.93. The molecule has 1 aromatic carbocycles. The molecule has 4 N–H and O–H groups in total. The van der Waals surface area contributed by atoms with Gasteiger partial charge in [0.1, 0.15) is 17.5 Å². The zero-order valence-electron chi connectivity index (χ0n) is 8.85. The molecule has 0 aliphatic heterocycles. The van der Waals surface area contributed by atoms with Crippen LogP contribution in [0, 0.1) is 0 Å². The number of benzene rings is 1. The summed E-state index contributed by atoms with van der Waals surface area (Å²) < 4.78 is 13.2. The van der Waals surface area contributed by atoms with E-state index in [4.69, 9.17) is 15.9 Å². The molecule has 0 saturated carbocycles. The number of aromatic hydroxyl groups is 1. The quantitative estimate of drug-likeness (QED) is 0.718. The maximum atomic E-state index is 13.2. The van der Waals surface area contributed by atoms with E-state index in [9.17, 15) is 9.18 Å². The van der Waals surface area contributed by atoms with Crippen LogP contribution < -0.4 is 5.73 Å². The predicted octanol–water partition coefficient (Wildman–Crippen LogP) is 1.07. The second-order valence-corrected chi connectivity index (χ2v) is 3.80. The van der Waals surface area contributed by atoms with Gasteiger partial charge in [0.2, 0.25) is 0 Å². The topological polar surface area (TPSA) is 83.5 Å². The standard InChI is InChI=1S/C11H14FNO3/c1-7(12)11(13,10(15)16)6-8-2-4-9(14)5-3-8/h2-5,7,14H,6,13H2,1H3,(H,15,16).